The van der Waals surface area contributed by atoms with Gasteiger partial charge in [-0.3, -0.25) is 14.6 Å². The fourth-order valence-electron chi connectivity index (χ4n) is 5.40. The molecule has 1 aromatic heterocycles. The second kappa shape index (κ2) is 8.00. The van der Waals surface area contributed by atoms with Crippen LogP contribution in [0.2, 0.25) is 0 Å². The predicted molar refractivity (Wildman–Crippen MR) is 118 cm³/mol. The van der Waals surface area contributed by atoms with Crippen LogP contribution in [0.3, 0.4) is 0 Å². The van der Waals surface area contributed by atoms with Crippen LogP contribution in [-0.2, 0) is 17.6 Å². The van der Waals surface area contributed by atoms with Crippen molar-refractivity contribution in [1.82, 2.24) is 15.1 Å². The van der Waals surface area contributed by atoms with E-state index < -0.39 is 5.54 Å². The number of piperidine rings is 1. The smallest absolute Gasteiger partial charge is 0.325 e. The molecular formula is C25H29N3O3. The number of carbonyl (C=O) groups is 2. The maximum atomic E-state index is 13.5. The molecule has 2 fully saturated rings. The third-order valence-corrected chi connectivity index (χ3v) is 7.24. The van der Waals surface area contributed by atoms with Crippen molar-refractivity contribution in [2.24, 2.45) is 5.92 Å². The largest absolute Gasteiger partial charge is 0.465 e. The second-order valence-corrected chi connectivity index (χ2v) is 9.13. The number of hydrogen-bond acceptors (Lipinski definition) is 4. The van der Waals surface area contributed by atoms with E-state index in [1.54, 1.807) is 6.26 Å². The van der Waals surface area contributed by atoms with Gasteiger partial charge in [-0.1, -0.05) is 30.3 Å². The molecule has 1 N–H and O–H groups in total. The fraction of sp³-hybridized carbons (Fsp3) is 0.440. The van der Waals surface area contributed by atoms with Crippen molar-refractivity contribution in [3.8, 4) is 0 Å². The molecule has 1 aromatic carbocycles. The third kappa shape index (κ3) is 3.69. The summed E-state index contributed by atoms with van der Waals surface area (Å²) < 4.78 is 5.33. The summed E-state index contributed by atoms with van der Waals surface area (Å²) in [6, 6.07) is 11.8. The zero-order valence-electron chi connectivity index (χ0n) is 17.9. The third-order valence-electron chi connectivity index (χ3n) is 7.24. The molecular weight excluding hydrogens is 390 g/mol. The number of amides is 3. The summed E-state index contributed by atoms with van der Waals surface area (Å²) in [4.78, 5) is 30.2. The van der Waals surface area contributed by atoms with Crippen LogP contribution in [0.25, 0.3) is 6.08 Å². The first-order valence-corrected chi connectivity index (χ1v) is 11.2. The summed E-state index contributed by atoms with van der Waals surface area (Å²) in [5.41, 5.74) is 1.69. The Bertz CT molecular complexity index is 966. The Hall–Kier alpha value is -2.86. The Morgan fingerprint density at radius 3 is 2.45 bits per heavy atom. The van der Waals surface area contributed by atoms with Gasteiger partial charge in [0.25, 0.3) is 5.91 Å². The first-order valence-electron chi connectivity index (χ1n) is 11.2. The average Bonchev–Trinajstić information content (AvgIpc) is 3.48. The van der Waals surface area contributed by atoms with Crippen molar-refractivity contribution in [1.29, 1.82) is 0 Å². The molecule has 3 aliphatic rings. The summed E-state index contributed by atoms with van der Waals surface area (Å²) in [5, 5.41) is 3.07. The fourth-order valence-corrected chi connectivity index (χ4v) is 5.40. The maximum absolute atomic E-state index is 13.5. The summed E-state index contributed by atoms with van der Waals surface area (Å²) in [5.74, 6) is 0.963. The van der Waals surface area contributed by atoms with E-state index in [0.717, 1.165) is 51.1 Å². The van der Waals surface area contributed by atoms with Crippen molar-refractivity contribution >= 4 is 18.0 Å². The molecule has 0 spiro atoms. The van der Waals surface area contributed by atoms with Gasteiger partial charge in [0.15, 0.2) is 0 Å². The van der Waals surface area contributed by atoms with E-state index in [9.17, 15) is 9.59 Å². The number of carbonyl (C=O) groups excluding carboxylic acids is 2. The molecule has 1 aliphatic carbocycles. The number of likely N-dealkylation sites (tertiary alicyclic amines) is 1. The van der Waals surface area contributed by atoms with Crippen LogP contribution in [-0.4, -0.2) is 53.0 Å². The molecule has 3 heterocycles. The molecule has 6 nitrogen and oxygen atoms in total. The molecule has 0 saturated carbocycles. The molecule has 31 heavy (non-hydrogen) atoms. The van der Waals surface area contributed by atoms with Crippen molar-refractivity contribution in [2.75, 3.05) is 19.6 Å². The van der Waals surface area contributed by atoms with Crippen molar-refractivity contribution < 1.29 is 14.0 Å². The highest BCUT2D eigenvalue weighted by Crippen LogP contribution is 2.36. The summed E-state index contributed by atoms with van der Waals surface area (Å²) in [6.45, 7) is 4.62. The minimum Gasteiger partial charge on any atom is -0.465 e. The van der Waals surface area contributed by atoms with Gasteiger partial charge in [0.1, 0.15) is 11.3 Å². The van der Waals surface area contributed by atoms with Crippen LogP contribution < -0.4 is 5.32 Å². The molecule has 5 rings (SSSR count). The Kier molecular flexibility index (Phi) is 5.18. The highest BCUT2D eigenvalue weighted by Gasteiger charge is 2.54. The average molecular weight is 420 g/mol. The number of imide groups is 1. The molecule has 0 bridgehead atoms. The highest BCUT2D eigenvalue weighted by molar-refractivity contribution is 6.07. The van der Waals surface area contributed by atoms with E-state index in [1.807, 2.05) is 37.3 Å². The molecule has 3 amide bonds. The van der Waals surface area contributed by atoms with Crippen LogP contribution in [0.15, 0.2) is 53.2 Å². The minimum atomic E-state index is -0.804. The summed E-state index contributed by atoms with van der Waals surface area (Å²) in [6.07, 6.45) is 9.09. The lowest BCUT2D eigenvalue weighted by Gasteiger charge is -2.38. The van der Waals surface area contributed by atoms with Crippen LogP contribution in [0.4, 0.5) is 4.79 Å². The Balaban J connectivity index is 1.20. The number of nitrogens with zero attached hydrogens (tertiary/aromatic N) is 2. The van der Waals surface area contributed by atoms with E-state index >= 15 is 0 Å². The predicted octanol–water partition coefficient (Wildman–Crippen LogP) is 3.48. The van der Waals surface area contributed by atoms with Gasteiger partial charge >= 0.3 is 6.03 Å². The number of urea groups is 1. The molecule has 1 atom stereocenters. The molecule has 6 heteroatoms. The number of rotatable bonds is 5. The van der Waals surface area contributed by atoms with E-state index in [1.165, 1.54) is 16.0 Å². The van der Waals surface area contributed by atoms with Crippen molar-refractivity contribution in [3.05, 3.63) is 65.6 Å². The topological polar surface area (TPSA) is 65.8 Å². The SMILES string of the molecule is CC1(C2CCN(CC=Cc3ccco3)CC2)NC(=O)N(C2Cc3ccccc3C2)C1=O. The number of fused-ring (bicyclic) bond motifs is 1. The van der Waals surface area contributed by atoms with E-state index in [4.69, 9.17) is 4.42 Å². The quantitative estimate of drug-likeness (QED) is 0.754. The molecule has 2 saturated heterocycles. The molecule has 2 aromatic rings. The monoisotopic (exact) mass is 419 g/mol. The second-order valence-electron chi connectivity index (χ2n) is 9.13. The number of furan rings is 1. The van der Waals surface area contributed by atoms with Gasteiger partial charge in [0.05, 0.1) is 6.26 Å². The zero-order chi connectivity index (χ0) is 21.4. The first-order chi connectivity index (χ1) is 15.0. The van der Waals surface area contributed by atoms with Gasteiger partial charge in [-0.05, 0) is 81.0 Å². The lowest BCUT2D eigenvalue weighted by molar-refractivity contribution is -0.134. The number of nitrogens with one attached hydrogen (secondary N) is 1. The van der Waals surface area contributed by atoms with E-state index in [-0.39, 0.29) is 23.9 Å². The summed E-state index contributed by atoms with van der Waals surface area (Å²) >= 11 is 0. The lowest BCUT2D eigenvalue weighted by atomic mass is 9.78. The Morgan fingerprint density at radius 1 is 1.10 bits per heavy atom. The lowest BCUT2D eigenvalue weighted by Crippen LogP contribution is -2.54. The Labute approximate surface area is 182 Å². The van der Waals surface area contributed by atoms with Gasteiger partial charge in [-0.2, -0.15) is 0 Å². The normalized spacial score (nSPS) is 25.5. The molecule has 1 unspecified atom stereocenters. The molecule has 2 aliphatic heterocycles. The molecule has 0 radical (unpaired) electrons. The standard InChI is InChI=1S/C25H29N3O3/c1-25(20-10-13-27(14-11-20)12-4-8-22-9-5-15-31-22)23(29)28(24(30)26-25)21-16-18-6-2-3-7-19(18)17-21/h2-9,15,20-21H,10-14,16-17H2,1H3,(H,26,30). The van der Waals surface area contributed by atoms with E-state index in [0.29, 0.717) is 0 Å². The van der Waals surface area contributed by atoms with Crippen LogP contribution in [0, 0.1) is 5.92 Å². The van der Waals surface area contributed by atoms with Gasteiger partial charge in [0, 0.05) is 12.6 Å². The zero-order valence-corrected chi connectivity index (χ0v) is 17.9. The van der Waals surface area contributed by atoms with Crippen molar-refractivity contribution in [2.45, 2.75) is 44.2 Å². The Morgan fingerprint density at radius 2 is 1.81 bits per heavy atom. The first kappa shape index (κ1) is 20.1. The maximum Gasteiger partial charge on any atom is 0.325 e. The number of benzene rings is 1. The highest BCUT2D eigenvalue weighted by atomic mass is 16.3. The van der Waals surface area contributed by atoms with Crippen LogP contribution in [0.5, 0.6) is 0 Å². The van der Waals surface area contributed by atoms with Gasteiger partial charge in [-0.15, -0.1) is 0 Å². The van der Waals surface area contributed by atoms with Gasteiger partial charge < -0.3 is 9.73 Å². The minimum absolute atomic E-state index is 0.0496. The van der Waals surface area contributed by atoms with Crippen LogP contribution in [0.1, 0.15) is 36.7 Å². The van der Waals surface area contributed by atoms with Crippen molar-refractivity contribution in [3.63, 3.8) is 0 Å². The van der Waals surface area contributed by atoms with Gasteiger partial charge in [0.2, 0.25) is 0 Å². The van der Waals surface area contributed by atoms with Gasteiger partial charge in [-0.25, -0.2) is 4.79 Å². The molecule has 162 valence electrons. The van der Waals surface area contributed by atoms with Crippen LogP contribution >= 0.6 is 0 Å². The summed E-state index contributed by atoms with van der Waals surface area (Å²) in [7, 11) is 0. The van der Waals surface area contributed by atoms with E-state index in [2.05, 4.69) is 28.4 Å². The number of hydrogen-bond donors (Lipinski definition) is 1.